The summed E-state index contributed by atoms with van der Waals surface area (Å²) in [5, 5.41) is 2.93. The Hall–Kier alpha value is -1.59. The molecule has 0 radical (unpaired) electrons. The van der Waals surface area contributed by atoms with Crippen molar-refractivity contribution in [2.24, 2.45) is 5.73 Å². The van der Waals surface area contributed by atoms with Crippen molar-refractivity contribution in [3.05, 3.63) is 29.8 Å². The number of methoxy groups -OCH3 is 1. The largest absolute Gasteiger partial charge is 0.497 e. The van der Waals surface area contributed by atoms with Crippen LogP contribution < -0.4 is 15.8 Å². The molecule has 5 heteroatoms. The Morgan fingerprint density at radius 3 is 2.58 bits per heavy atom. The lowest BCUT2D eigenvalue weighted by atomic mass is 10.0. The van der Waals surface area contributed by atoms with E-state index in [9.17, 15) is 4.79 Å². The molecule has 0 bridgehead atoms. The number of ether oxygens (including phenoxy) is 2. The molecule has 0 aliphatic heterocycles. The van der Waals surface area contributed by atoms with Crippen molar-refractivity contribution >= 4 is 5.91 Å². The first-order chi connectivity index (χ1) is 9.21. The average molecular weight is 266 g/mol. The molecule has 0 fully saturated rings. The van der Waals surface area contributed by atoms with Gasteiger partial charge in [-0.2, -0.15) is 0 Å². The number of carbonyl (C=O) groups is 1. The molecule has 5 nitrogen and oxygen atoms in total. The second kappa shape index (κ2) is 8.50. The van der Waals surface area contributed by atoms with Crippen LogP contribution in [0.25, 0.3) is 0 Å². The first-order valence-corrected chi connectivity index (χ1v) is 6.42. The second-order valence-corrected chi connectivity index (χ2v) is 4.14. The second-order valence-electron chi connectivity index (χ2n) is 4.14. The third-order valence-corrected chi connectivity index (χ3v) is 2.76. The Morgan fingerprint density at radius 1 is 1.37 bits per heavy atom. The summed E-state index contributed by atoms with van der Waals surface area (Å²) in [5.74, 6) is 0.673. The van der Waals surface area contributed by atoms with Gasteiger partial charge in [0.2, 0.25) is 5.91 Å². The molecule has 1 aromatic carbocycles. The third-order valence-electron chi connectivity index (χ3n) is 2.76. The molecule has 1 rings (SSSR count). The molecule has 0 spiro atoms. The SMILES string of the molecule is CCC(NC(=O)COCCN)c1ccc(OC)cc1. The van der Waals surface area contributed by atoms with Crippen LogP contribution in [-0.4, -0.2) is 32.8 Å². The maximum atomic E-state index is 11.7. The highest BCUT2D eigenvalue weighted by Gasteiger charge is 2.12. The number of hydrogen-bond acceptors (Lipinski definition) is 4. The summed E-state index contributed by atoms with van der Waals surface area (Å²) in [6, 6.07) is 7.66. The fraction of sp³-hybridized carbons (Fsp3) is 0.500. The van der Waals surface area contributed by atoms with Crippen LogP contribution in [-0.2, 0) is 9.53 Å². The first-order valence-electron chi connectivity index (χ1n) is 6.42. The van der Waals surface area contributed by atoms with Gasteiger partial charge in [-0.3, -0.25) is 4.79 Å². The minimum Gasteiger partial charge on any atom is -0.497 e. The van der Waals surface area contributed by atoms with Gasteiger partial charge in [-0.15, -0.1) is 0 Å². The lowest BCUT2D eigenvalue weighted by Crippen LogP contribution is -2.32. The van der Waals surface area contributed by atoms with Gasteiger partial charge in [-0.1, -0.05) is 19.1 Å². The Balaban J connectivity index is 2.54. The van der Waals surface area contributed by atoms with E-state index in [4.69, 9.17) is 15.2 Å². The van der Waals surface area contributed by atoms with Gasteiger partial charge in [0.15, 0.2) is 0 Å². The molecule has 3 N–H and O–H groups in total. The van der Waals surface area contributed by atoms with Gasteiger partial charge >= 0.3 is 0 Å². The van der Waals surface area contributed by atoms with Gasteiger partial charge in [-0.05, 0) is 24.1 Å². The highest BCUT2D eigenvalue weighted by atomic mass is 16.5. The first kappa shape index (κ1) is 15.5. The summed E-state index contributed by atoms with van der Waals surface area (Å²) in [6.07, 6.45) is 0.814. The number of carbonyl (C=O) groups excluding carboxylic acids is 1. The van der Waals surface area contributed by atoms with E-state index in [1.54, 1.807) is 7.11 Å². The molecule has 1 atom stereocenters. The molecule has 0 aliphatic rings. The summed E-state index contributed by atoms with van der Waals surface area (Å²) < 4.78 is 10.2. The minimum absolute atomic E-state index is 0.0140. The number of nitrogens with one attached hydrogen (secondary N) is 1. The molecule has 0 aromatic heterocycles. The smallest absolute Gasteiger partial charge is 0.246 e. The van der Waals surface area contributed by atoms with E-state index in [1.165, 1.54) is 0 Å². The average Bonchev–Trinajstić information content (AvgIpc) is 2.45. The number of amides is 1. The van der Waals surface area contributed by atoms with Crippen molar-refractivity contribution in [3.8, 4) is 5.75 Å². The standard InChI is InChI=1S/C14H22N2O3/c1-3-13(16-14(17)10-19-9-8-15)11-4-6-12(18-2)7-5-11/h4-7,13H,3,8-10,15H2,1-2H3,(H,16,17). The van der Waals surface area contributed by atoms with Crippen molar-refractivity contribution < 1.29 is 14.3 Å². The summed E-state index contributed by atoms with van der Waals surface area (Å²) in [6.45, 7) is 2.88. The van der Waals surface area contributed by atoms with Crippen LogP contribution in [0, 0.1) is 0 Å². The third kappa shape index (κ3) is 5.28. The van der Waals surface area contributed by atoms with Crippen LogP contribution in [0.15, 0.2) is 24.3 Å². The maximum Gasteiger partial charge on any atom is 0.246 e. The highest BCUT2D eigenvalue weighted by molar-refractivity contribution is 5.77. The predicted octanol–water partition coefficient (Wildman–Crippen LogP) is 1.24. The van der Waals surface area contributed by atoms with E-state index >= 15 is 0 Å². The summed E-state index contributed by atoms with van der Waals surface area (Å²) in [4.78, 5) is 11.7. The van der Waals surface area contributed by atoms with E-state index < -0.39 is 0 Å². The quantitative estimate of drug-likeness (QED) is 0.694. The van der Waals surface area contributed by atoms with Crippen molar-refractivity contribution in [2.75, 3.05) is 26.9 Å². The molecule has 19 heavy (non-hydrogen) atoms. The van der Waals surface area contributed by atoms with Crippen molar-refractivity contribution in [2.45, 2.75) is 19.4 Å². The molecular formula is C14H22N2O3. The monoisotopic (exact) mass is 266 g/mol. The van der Waals surface area contributed by atoms with Crippen LogP contribution in [0.3, 0.4) is 0 Å². The van der Waals surface area contributed by atoms with E-state index in [2.05, 4.69) is 5.32 Å². The minimum atomic E-state index is -0.129. The van der Waals surface area contributed by atoms with E-state index in [1.807, 2.05) is 31.2 Å². The van der Waals surface area contributed by atoms with Gasteiger partial charge in [0.25, 0.3) is 0 Å². The predicted molar refractivity (Wildman–Crippen MR) is 74.0 cm³/mol. The Labute approximate surface area is 114 Å². The Morgan fingerprint density at radius 2 is 2.05 bits per heavy atom. The van der Waals surface area contributed by atoms with Gasteiger partial charge < -0.3 is 20.5 Å². The van der Waals surface area contributed by atoms with Crippen molar-refractivity contribution in [1.29, 1.82) is 0 Å². The van der Waals surface area contributed by atoms with Crippen LogP contribution in [0.1, 0.15) is 24.9 Å². The Bertz CT molecular complexity index is 379. The lowest BCUT2D eigenvalue weighted by molar-refractivity contribution is -0.126. The molecule has 1 amide bonds. The summed E-state index contributed by atoms with van der Waals surface area (Å²) >= 11 is 0. The highest BCUT2D eigenvalue weighted by Crippen LogP contribution is 2.19. The maximum absolute atomic E-state index is 11.7. The van der Waals surface area contributed by atoms with Crippen molar-refractivity contribution in [1.82, 2.24) is 5.32 Å². The summed E-state index contributed by atoms with van der Waals surface area (Å²) in [7, 11) is 1.63. The molecule has 0 heterocycles. The molecule has 1 aromatic rings. The molecular weight excluding hydrogens is 244 g/mol. The van der Waals surface area contributed by atoms with Crippen LogP contribution in [0.2, 0.25) is 0 Å². The van der Waals surface area contributed by atoms with E-state index in [-0.39, 0.29) is 18.6 Å². The van der Waals surface area contributed by atoms with Gasteiger partial charge in [-0.25, -0.2) is 0 Å². The number of nitrogens with two attached hydrogens (primary N) is 1. The molecule has 106 valence electrons. The zero-order valence-electron chi connectivity index (χ0n) is 11.5. The number of rotatable bonds is 8. The van der Waals surface area contributed by atoms with E-state index in [0.717, 1.165) is 17.7 Å². The normalized spacial score (nSPS) is 11.9. The van der Waals surface area contributed by atoms with Gasteiger partial charge in [0, 0.05) is 6.54 Å². The zero-order valence-corrected chi connectivity index (χ0v) is 11.5. The van der Waals surface area contributed by atoms with Gasteiger partial charge in [0.05, 0.1) is 19.8 Å². The number of hydrogen-bond donors (Lipinski definition) is 2. The fourth-order valence-corrected chi connectivity index (χ4v) is 1.74. The zero-order chi connectivity index (χ0) is 14.1. The molecule has 0 saturated carbocycles. The Kier molecular flexibility index (Phi) is 6.92. The molecule has 0 aliphatic carbocycles. The van der Waals surface area contributed by atoms with E-state index in [0.29, 0.717) is 13.2 Å². The van der Waals surface area contributed by atoms with Crippen LogP contribution >= 0.6 is 0 Å². The van der Waals surface area contributed by atoms with Crippen LogP contribution in [0.5, 0.6) is 5.75 Å². The van der Waals surface area contributed by atoms with Crippen molar-refractivity contribution in [3.63, 3.8) is 0 Å². The molecule has 1 unspecified atom stereocenters. The van der Waals surface area contributed by atoms with Crippen LogP contribution in [0.4, 0.5) is 0 Å². The molecule has 0 saturated heterocycles. The van der Waals surface area contributed by atoms with Gasteiger partial charge in [0.1, 0.15) is 12.4 Å². The topological polar surface area (TPSA) is 73.6 Å². The fourth-order valence-electron chi connectivity index (χ4n) is 1.74. The lowest BCUT2D eigenvalue weighted by Gasteiger charge is -2.17. The number of benzene rings is 1. The summed E-state index contributed by atoms with van der Waals surface area (Å²) in [5.41, 5.74) is 6.34.